The molecule has 1 atom stereocenters. The standard InChI is InChI=1S/C21H34BrN5.HI/c1-17(15-27-12-10-26(3)11-13-27)14-24-20(23-2)25-16-21(8-9-21)18-6-4-5-7-19(18)22;/h4-7,17H,8-16H2,1-3H3,(H2,23,24,25);1H. The normalized spacial score (nSPS) is 20.9. The fraction of sp³-hybridized carbons (Fsp3) is 0.667. The van der Waals surface area contributed by atoms with E-state index in [1.54, 1.807) is 0 Å². The van der Waals surface area contributed by atoms with E-state index in [4.69, 9.17) is 0 Å². The van der Waals surface area contributed by atoms with Crippen molar-refractivity contribution >= 4 is 45.9 Å². The molecule has 0 bridgehead atoms. The molecule has 0 radical (unpaired) electrons. The molecular weight excluding hydrogens is 529 g/mol. The molecule has 0 aromatic heterocycles. The number of nitrogens with one attached hydrogen (secondary N) is 2. The molecule has 1 aliphatic carbocycles. The van der Waals surface area contributed by atoms with Crippen molar-refractivity contribution < 1.29 is 0 Å². The summed E-state index contributed by atoms with van der Waals surface area (Å²) < 4.78 is 1.22. The number of guanidine groups is 1. The van der Waals surface area contributed by atoms with E-state index in [1.165, 1.54) is 49.1 Å². The third kappa shape index (κ3) is 6.57. The number of rotatable bonds is 7. The number of nitrogens with zero attached hydrogens (tertiary/aromatic N) is 3. The average Bonchev–Trinajstić information content (AvgIpc) is 3.45. The van der Waals surface area contributed by atoms with Gasteiger partial charge in [0.05, 0.1) is 0 Å². The molecule has 1 unspecified atom stereocenters. The topological polar surface area (TPSA) is 42.9 Å². The summed E-state index contributed by atoms with van der Waals surface area (Å²) in [7, 11) is 4.07. The Morgan fingerprint density at radius 3 is 2.46 bits per heavy atom. The van der Waals surface area contributed by atoms with Crippen LogP contribution >= 0.6 is 39.9 Å². The van der Waals surface area contributed by atoms with Crippen LogP contribution in [0.1, 0.15) is 25.3 Å². The van der Waals surface area contributed by atoms with Crippen LogP contribution in [0.5, 0.6) is 0 Å². The Kier molecular flexibility index (Phi) is 9.50. The number of benzene rings is 1. The summed E-state index contributed by atoms with van der Waals surface area (Å²) in [6.45, 7) is 10.1. The Morgan fingerprint density at radius 1 is 1.18 bits per heavy atom. The van der Waals surface area contributed by atoms with Gasteiger partial charge in [-0.1, -0.05) is 41.1 Å². The first-order valence-corrected chi connectivity index (χ1v) is 10.9. The van der Waals surface area contributed by atoms with Crippen LogP contribution in [-0.4, -0.2) is 75.7 Å². The summed E-state index contributed by atoms with van der Waals surface area (Å²) in [5.41, 5.74) is 1.67. The first-order valence-electron chi connectivity index (χ1n) is 10.1. The van der Waals surface area contributed by atoms with Gasteiger partial charge < -0.3 is 20.4 Å². The predicted molar refractivity (Wildman–Crippen MR) is 133 cm³/mol. The number of aliphatic imine (C=N–C) groups is 1. The number of piperazine rings is 1. The summed E-state index contributed by atoms with van der Waals surface area (Å²) in [6, 6.07) is 8.60. The lowest BCUT2D eigenvalue weighted by Crippen LogP contribution is -2.48. The second-order valence-corrected chi connectivity index (χ2v) is 9.13. The Hall–Kier alpha value is -0.380. The van der Waals surface area contributed by atoms with E-state index in [2.05, 4.69) is 79.6 Å². The van der Waals surface area contributed by atoms with Crippen LogP contribution in [0, 0.1) is 5.92 Å². The molecule has 1 aliphatic heterocycles. The van der Waals surface area contributed by atoms with E-state index >= 15 is 0 Å². The molecule has 0 spiro atoms. The van der Waals surface area contributed by atoms with Gasteiger partial charge in [0, 0.05) is 62.7 Å². The Labute approximate surface area is 195 Å². The molecular formula is C21H35BrIN5. The Bertz CT molecular complexity index is 641. The van der Waals surface area contributed by atoms with Gasteiger partial charge >= 0.3 is 0 Å². The van der Waals surface area contributed by atoms with E-state index in [9.17, 15) is 0 Å². The number of halogens is 2. The van der Waals surface area contributed by atoms with Crippen molar-refractivity contribution in [1.29, 1.82) is 0 Å². The van der Waals surface area contributed by atoms with E-state index < -0.39 is 0 Å². The van der Waals surface area contributed by atoms with E-state index in [-0.39, 0.29) is 29.4 Å². The van der Waals surface area contributed by atoms with Crippen molar-refractivity contribution in [2.45, 2.75) is 25.2 Å². The van der Waals surface area contributed by atoms with Crippen molar-refractivity contribution in [2.24, 2.45) is 10.9 Å². The zero-order valence-electron chi connectivity index (χ0n) is 17.4. The third-order valence-corrected chi connectivity index (χ3v) is 6.59. The molecule has 2 aliphatic rings. The van der Waals surface area contributed by atoms with Gasteiger partial charge in [0.2, 0.25) is 0 Å². The highest BCUT2D eigenvalue weighted by atomic mass is 127. The van der Waals surface area contributed by atoms with Crippen LogP contribution < -0.4 is 10.6 Å². The molecule has 1 saturated carbocycles. The summed E-state index contributed by atoms with van der Waals surface area (Å²) in [6.07, 6.45) is 2.47. The van der Waals surface area contributed by atoms with Crippen LogP contribution in [0.3, 0.4) is 0 Å². The SMILES string of the molecule is CN=C(NCC(C)CN1CCN(C)CC1)NCC1(c2ccccc2Br)CC1.I. The molecule has 0 amide bonds. The second-order valence-electron chi connectivity index (χ2n) is 8.28. The molecule has 158 valence electrons. The molecule has 1 aromatic rings. The van der Waals surface area contributed by atoms with Crippen LogP contribution in [0.25, 0.3) is 0 Å². The maximum absolute atomic E-state index is 4.43. The van der Waals surface area contributed by atoms with Crippen molar-refractivity contribution in [1.82, 2.24) is 20.4 Å². The first kappa shape index (κ1) is 23.9. The third-order valence-electron chi connectivity index (χ3n) is 5.90. The van der Waals surface area contributed by atoms with Gasteiger partial charge in [0.15, 0.2) is 5.96 Å². The summed E-state index contributed by atoms with van der Waals surface area (Å²) in [5, 5.41) is 7.08. The number of hydrogen-bond donors (Lipinski definition) is 2. The minimum absolute atomic E-state index is 0. The summed E-state index contributed by atoms with van der Waals surface area (Å²) in [5.74, 6) is 1.52. The quantitative estimate of drug-likeness (QED) is 0.304. The van der Waals surface area contributed by atoms with Gasteiger partial charge in [0.1, 0.15) is 0 Å². The zero-order valence-corrected chi connectivity index (χ0v) is 21.3. The highest BCUT2D eigenvalue weighted by molar-refractivity contribution is 14.0. The van der Waals surface area contributed by atoms with Crippen molar-refractivity contribution in [2.75, 3.05) is 59.9 Å². The summed E-state index contributed by atoms with van der Waals surface area (Å²) in [4.78, 5) is 9.41. The Balaban J connectivity index is 0.00000280. The molecule has 1 aromatic carbocycles. The van der Waals surface area contributed by atoms with E-state index in [0.717, 1.165) is 25.6 Å². The van der Waals surface area contributed by atoms with Crippen molar-refractivity contribution in [3.05, 3.63) is 34.3 Å². The number of likely N-dealkylation sites (N-methyl/N-ethyl adjacent to an activating group) is 1. The lowest BCUT2D eigenvalue weighted by atomic mass is 9.96. The minimum atomic E-state index is 0. The molecule has 2 fully saturated rings. The lowest BCUT2D eigenvalue weighted by molar-refractivity contribution is 0.139. The monoisotopic (exact) mass is 563 g/mol. The van der Waals surface area contributed by atoms with E-state index in [0.29, 0.717) is 5.92 Å². The highest BCUT2D eigenvalue weighted by Gasteiger charge is 2.45. The van der Waals surface area contributed by atoms with Gasteiger partial charge in [-0.25, -0.2) is 0 Å². The van der Waals surface area contributed by atoms with Crippen LogP contribution in [0.2, 0.25) is 0 Å². The van der Waals surface area contributed by atoms with Gasteiger partial charge in [-0.05, 0) is 37.4 Å². The molecule has 3 rings (SSSR count). The van der Waals surface area contributed by atoms with Crippen LogP contribution in [0.15, 0.2) is 33.7 Å². The Morgan fingerprint density at radius 2 is 1.86 bits per heavy atom. The molecule has 1 saturated heterocycles. The van der Waals surface area contributed by atoms with Crippen molar-refractivity contribution in [3.8, 4) is 0 Å². The molecule has 7 heteroatoms. The first-order chi connectivity index (χ1) is 13.0. The maximum Gasteiger partial charge on any atom is 0.191 e. The molecule has 2 N–H and O–H groups in total. The summed E-state index contributed by atoms with van der Waals surface area (Å²) >= 11 is 3.72. The van der Waals surface area contributed by atoms with Gasteiger partial charge in [0.25, 0.3) is 0 Å². The average molecular weight is 564 g/mol. The maximum atomic E-state index is 4.43. The van der Waals surface area contributed by atoms with E-state index in [1.807, 2.05) is 7.05 Å². The fourth-order valence-electron chi connectivity index (χ4n) is 3.86. The largest absolute Gasteiger partial charge is 0.356 e. The second kappa shape index (κ2) is 11.1. The molecule has 28 heavy (non-hydrogen) atoms. The van der Waals surface area contributed by atoms with Crippen molar-refractivity contribution in [3.63, 3.8) is 0 Å². The van der Waals surface area contributed by atoms with Gasteiger partial charge in [-0.15, -0.1) is 24.0 Å². The zero-order chi connectivity index (χ0) is 19.3. The minimum Gasteiger partial charge on any atom is -0.356 e. The predicted octanol–water partition coefficient (Wildman–Crippen LogP) is 3.15. The number of hydrogen-bond acceptors (Lipinski definition) is 3. The lowest BCUT2D eigenvalue weighted by Gasteiger charge is -2.34. The highest BCUT2D eigenvalue weighted by Crippen LogP contribution is 2.49. The molecule has 1 heterocycles. The van der Waals surface area contributed by atoms with Crippen LogP contribution in [-0.2, 0) is 5.41 Å². The van der Waals surface area contributed by atoms with Gasteiger partial charge in [-0.2, -0.15) is 0 Å². The fourth-order valence-corrected chi connectivity index (χ4v) is 4.57. The van der Waals surface area contributed by atoms with Gasteiger partial charge in [-0.3, -0.25) is 4.99 Å². The molecule has 5 nitrogen and oxygen atoms in total. The smallest absolute Gasteiger partial charge is 0.191 e. The van der Waals surface area contributed by atoms with Crippen LogP contribution in [0.4, 0.5) is 0 Å².